The van der Waals surface area contributed by atoms with E-state index >= 15 is 0 Å². The highest BCUT2D eigenvalue weighted by atomic mass is 32.1. The van der Waals surface area contributed by atoms with Crippen LogP contribution in [0.3, 0.4) is 0 Å². The van der Waals surface area contributed by atoms with Gasteiger partial charge in [0.05, 0.1) is 5.56 Å². The Kier molecular flexibility index (Phi) is 4.54. The summed E-state index contributed by atoms with van der Waals surface area (Å²) in [7, 11) is 0. The van der Waals surface area contributed by atoms with E-state index in [1.54, 1.807) is 30.5 Å². The van der Waals surface area contributed by atoms with Crippen molar-refractivity contribution in [2.75, 3.05) is 0 Å². The van der Waals surface area contributed by atoms with E-state index in [4.69, 9.17) is 12.2 Å². The molecule has 4 nitrogen and oxygen atoms in total. The second-order valence-corrected chi connectivity index (χ2v) is 5.07. The van der Waals surface area contributed by atoms with Crippen LogP contribution in [-0.4, -0.2) is 21.1 Å². The topological polar surface area (TPSA) is 46.0 Å². The molecule has 23 heavy (non-hydrogen) atoms. The van der Waals surface area contributed by atoms with Gasteiger partial charge in [0.15, 0.2) is 5.82 Å². The first-order valence-corrected chi connectivity index (χ1v) is 7.35. The first kappa shape index (κ1) is 15.1. The molecule has 0 bridgehead atoms. The molecule has 3 aromatic rings. The Balaban J connectivity index is 1.88. The van der Waals surface area contributed by atoms with Gasteiger partial charge >= 0.3 is 0 Å². The van der Waals surface area contributed by atoms with Gasteiger partial charge in [-0.1, -0.05) is 48.5 Å². The number of allylic oxidation sites excluding steroid dienone is 1. The van der Waals surface area contributed by atoms with Gasteiger partial charge in [-0.05, 0) is 36.0 Å². The summed E-state index contributed by atoms with van der Waals surface area (Å²) in [6, 6.07) is 16.2. The number of nitrogens with zero attached hydrogens (tertiary/aromatic N) is 3. The molecule has 0 spiro atoms. The maximum Gasteiger partial charge on any atom is 0.216 e. The van der Waals surface area contributed by atoms with E-state index in [1.807, 2.05) is 36.4 Å². The van der Waals surface area contributed by atoms with Crippen molar-refractivity contribution in [3.63, 3.8) is 0 Å². The maximum atomic E-state index is 13.9. The minimum atomic E-state index is -0.377. The van der Waals surface area contributed by atoms with Crippen LogP contribution in [-0.2, 0) is 0 Å². The molecule has 0 fully saturated rings. The smallest absolute Gasteiger partial charge is 0.216 e. The number of hydrogen-bond acceptors (Lipinski definition) is 3. The van der Waals surface area contributed by atoms with Crippen molar-refractivity contribution < 1.29 is 4.39 Å². The second kappa shape index (κ2) is 6.93. The Morgan fingerprint density at radius 1 is 1.09 bits per heavy atom. The van der Waals surface area contributed by atoms with Crippen molar-refractivity contribution in [3.8, 4) is 11.4 Å². The summed E-state index contributed by atoms with van der Waals surface area (Å²) in [5, 5.41) is 10.9. The van der Waals surface area contributed by atoms with Crippen LogP contribution in [0, 0.1) is 10.6 Å². The van der Waals surface area contributed by atoms with Gasteiger partial charge in [0.2, 0.25) is 4.77 Å². The van der Waals surface area contributed by atoms with Crippen LogP contribution in [0.5, 0.6) is 0 Å². The zero-order chi connectivity index (χ0) is 16.1. The van der Waals surface area contributed by atoms with Crippen LogP contribution in [0.4, 0.5) is 4.39 Å². The molecule has 1 aromatic heterocycles. The molecule has 2 aromatic carbocycles. The summed E-state index contributed by atoms with van der Waals surface area (Å²) in [5.41, 5.74) is 1.40. The molecule has 3 rings (SSSR count). The molecule has 0 aliphatic carbocycles. The average molecular weight is 324 g/mol. The Morgan fingerprint density at radius 3 is 2.61 bits per heavy atom. The molecule has 6 heteroatoms. The maximum absolute atomic E-state index is 13.9. The summed E-state index contributed by atoms with van der Waals surface area (Å²) in [4.78, 5) is 0. The Hall–Kier alpha value is -2.86. The van der Waals surface area contributed by atoms with Gasteiger partial charge in [0.1, 0.15) is 5.82 Å². The molecule has 1 N–H and O–H groups in total. The van der Waals surface area contributed by atoms with Gasteiger partial charge in [-0.25, -0.2) is 9.49 Å². The first-order valence-electron chi connectivity index (χ1n) is 6.94. The van der Waals surface area contributed by atoms with Crippen molar-refractivity contribution in [3.05, 3.63) is 76.8 Å². The van der Waals surface area contributed by atoms with Gasteiger partial charge in [-0.3, -0.25) is 0 Å². The summed E-state index contributed by atoms with van der Waals surface area (Å²) >= 11 is 5.14. The molecular formula is C17H13FN4S. The lowest BCUT2D eigenvalue weighted by molar-refractivity contribution is 0.628. The first-order chi connectivity index (χ1) is 11.3. The van der Waals surface area contributed by atoms with Crippen LogP contribution < -0.4 is 0 Å². The van der Waals surface area contributed by atoms with Crippen molar-refractivity contribution in [2.45, 2.75) is 0 Å². The van der Waals surface area contributed by atoms with E-state index in [1.165, 1.54) is 10.7 Å². The van der Waals surface area contributed by atoms with Crippen LogP contribution in [0.2, 0.25) is 0 Å². The molecule has 0 radical (unpaired) electrons. The molecule has 0 aliphatic rings. The minimum absolute atomic E-state index is 0.299. The fraction of sp³-hybridized carbons (Fsp3) is 0. The molecule has 0 atom stereocenters. The van der Waals surface area contributed by atoms with Gasteiger partial charge in [-0.15, -0.1) is 0 Å². The third-order valence-electron chi connectivity index (χ3n) is 3.12. The summed E-state index contributed by atoms with van der Waals surface area (Å²) in [6.45, 7) is 0. The molecular weight excluding hydrogens is 311 g/mol. The number of H-pyrrole nitrogens is 1. The van der Waals surface area contributed by atoms with Gasteiger partial charge < -0.3 is 0 Å². The fourth-order valence-corrected chi connectivity index (χ4v) is 2.22. The van der Waals surface area contributed by atoms with E-state index in [0.29, 0.717) is 16.2 Å². The molecule has 0 amide bonds. The van der Waals surface area contributed by atoms with Crippen molar-refractivity contribution in [1.82, 2.24) is 14.9 Å². The summed E-state index contributed by atoms with van der Waals surface area (Å²) < 4.78 is 15.6. The molecule has 114 valence electrons. The fourth-order valence-electron chi connectivity index (χ4n) is 2.04. The van der Waals surface area contributed by atoms with Crippen LogP contribution in [0.1, 0.15) is 5.56 Å². The van der Waals surface area contributed by atoms with Crippen molar-refractivity contribution in [2.24, 2.45) is 5.10 Å². The van der Waals surface area contributed by atoms with Crippen LogP contribution in [0.25, 0.3) is 17.5 Å². The predicted molar refractivity (Wildman–Crippen MR) is 92.2 cm³/mol. The SMILES string of the molecule is Fc1ccccc1-c1n[nH]c(=S)n1N=CC=Cc1ccccc1. The Labute approximate surface area is 137 Å². The highest BCUT2D eigenvalue weighted by Gasteiger charge is 2.11. The predicted octanol–water partition coefficient (Wildman–Crippen LogP) is 4.29. The largest absolute Gasteiger partial charge is 0.250 e. The Morgan fingerprint density at radius 2 is 1.83 bits per heavy atom. The van der Waals surface area contributed by atoms with Crippen molar-refractivity contribution >= 4 is 24.5 Å². The molecule has 1 heterocycles. The van der Waals surface area contributed by atoms with Crippen LogP contribution in [0.15, 0.2) is 65.8 Å². The average Bonchev–Trinajstić information content (AvgIpc) is 2.94. The number of rotatable bonds is 4. The normalized spacial score (nSPS) is 11.5. The lowest BCUT2D eigenvalue weighted by atomic mass is 10.2. The van der Waals surface area contributed by atoms with E-state index in [9.17, 15) is 4.39 Å². The van der Waals surface area contributed by atoms with Gasteiger partial charge in [-0.2, -0.15) is 14.9 Å². The third-order valence-corrected chi connectivity index (χ3v) is 3.39. The van der Waals surface area contributed by atoms with Crippen molar-refractivity contribution in [1.29, 1.82) is 0 Å². The van der Waals surface area contributed by atoms with Crippen LogP contribution >= 0.6 is 12.2 Å². The summed E-state index contributed by atoms with van der Waals surface area (Å²) in [6.07, 6.45) is 5.29. The zero-order valence-electron chi connectivity index (χ0n) is 12.1. The van der Waals surface area contributed by atoms with E-state index in [0.717, 1.165) is 5.56 Å². The Bertz CT molecular complexity index is 910. The number of aromatic nitrogens is 3. The van der Waals surface area contributed by atoms with E-state index in [2.05, 4.69) is 15.3 Å². The number of halogens is 1. The highest BCUT2D eigenvalue weighted by molar-refractivity contribution is 7.71. The highest BCUT2D eigenvalue weighted by Crippen LogP contribution is 2.20. The third kappa shape index (κ3) is 3.49. The lowest BCUT2D eigenvalue weighted by Crippen LogP contribution is -1.95. The number of hydrogen-bond donors (Lipinski definition) is 1. The number of benzene rings is 2. The van der Waals surface area contributed by atoms with Gasteiger partial charge in [0, 0.05) is 6.21 Å². The summed E-state index contributed by atoms with van der Waals surface area (Å²) in [5.74, 6) is -0.0461. The van der Waals surface area contributed by atoms with E-state index < -0.39 is 0 Å². The second-order valence-electron chi connectivity index (χ2n) is 4.68. The number of nitrogens with one attached hydrogen (secondary N) is 1. The number of aromatic amines is 1. The molecule has 0 aliphatic heterocycles. The van der Waals surface area contributed by atoms with E-state index in [-0.39, 0.29) is 5.82 Å². The lowest BCUT2D eigenvalue weighted by Gasteiger charge is -2.01. The molecule has 0 saturated carbocycles. The molecule has 0 saturated heterocycles. The molecule has 0 unspecified atom stereocenters. The van der Waals surface area contributed by atoms with Gasteiger partial charge in [0.25, 0.3) is 0 Å². The monoisotopic (exact) mass is 324 g/mol. The quantitative estimate of drug-likeness (QED) is 0.575. The standard InChI is InChI=1S/C17H13FN4S/c18-15-11-5-4-10-14(15)16-20-21-17(23)22(16)19-12-6-9-13-7-2-1-3-8-13/h1-12H,(H,21,23). The zero-order valence-corrected chi connectivity index (χ0v) is 12.9. The minimum Gasteiger partial charge on any atom is -0.250 e.